The molecule has 15 nitrogen and oxygen atoms in total. The molecule has 1 unspecified atom stereocenters. The molecule has 0 aromatic rings. The minimum absolute atomic E-state index is 0.000395. The number of ketones is 1. The second kappa shape index (κ2) is 30.9. The highest BCUT2D eigenvalue weighted by atomic mass is 31.2. The maximum absolute atomic E-state index is 12.7. The number of aliphatic hydroxyl groups is 2. The first-order chi connectivity index (χ1) is 27.0. The molecule has 0 saturated carbocycles. The molecule has 1 rings (SSSR count). The van der Waals surface area contributed by atoms with Gasteiger partial charge in [-0.25, -0.2) is 9.13 Å². The molecule has 1 aliphatic carbocycles. The summed E-state index contributed by atoms with van der Waals surface area (Å²) >= 11 is 0. The van der Waals surface area contributed by atoms with Crippen LogP contribution < -0.4 is 0 Å². The number of rotatable bonds is 35. The van der Waals surface area contributed by atoms with Crippen molar-refractivity contribution in [3.8, 4) is 0 Å². The van der Waals surface area contributed by atoms with E-state index in [0.717, 1.165) is 50.9 Å². The molecule has 5 N–H and O–H groups in total. The van der Waals surface area contributed by atoms with Gasteiger partial charge in [-0.2, -0.15) is 0 Å². The van der Waals surface area contributed by atoms with Gasteiger partial charge in [0.1, 0.15) is 12.7 Å². The van der Waals surface area contributed by atoms with Gasteiger partial charge >= 0.3 is 27.6 Å². The SMILES string of the molecule is CCCCC[C@H](O)/C=C/[C@H]1C(=O)C=C[C@@H]1C/C=C\CCCC(=O)O[C@H](COC(=O)CCCCCCCCCCC(C)C)COP(=O)(O)OC[C@@H](O)COP(=O)(O)O. The Balaban J connectivity index is 2.58. The van der Waals surface area contributed by atoms with Crippen LogP contribution >= 0.6 is 15.6 Å². The van der Waals surface area contributed by atoms with Crippen molar-refractivity contribution >= 4 is 33.4 Å². The normalized spacial score (nSPS) is 18.7. The number of aliphatic hydroxyl groups excluding tert-OH is 2. The molecular formula is C40H70O15P2. The van der Waals surface area contributed by atoms with E-state index >= 15 is 0 Å². The summed E-state index contributed by atoms with van der Waals surface area (Å²) in [5.41, 5.74) is 0. The highest BCUT2D eigenvalue weighted by Crippen LogP contribution is 2.44. The van der Waals surface area contributed by atoms with Crippen LogP contribution in [0.5, 0.6) is 0 Å². The highest BCUT2D eigenvalue weighted by Gasteiger charge is 2.29. The van der Waals surface area contributed by atoms with E-state index in [1.165, 1.54) is 25.7 Å². The van der Waals surface area contributed by atoms with Gasteiger partial charge in [0.05, 0.1) is 25.9 Å². The van der Waals surface area contributed by atoms with Gasteiger partial charge in [-0.3, -0.25) is 28.0 Å². The average molecular weight is 853 g/mol. The quantitative estimate of drug-likeness (QED) is 0.0179. The second-order valence-corrected chi connectivity index (χ2v) is 17.7. The molecule has 0 saturated heterocycles. The van der Waals surface area contributed by atoms with Gasteiger partial charge < -0.3 is 34.4 Å². The Morgan fingerprint density at radius 1 is 0.772 bits per heavy atom. The second-order valence-electron chi connectivity index (χ2n) is 15.1. The van der Waals surface area contributed by atoms with Crippen molar-refractivity contribution in [2.24, 2.45) is 17.8 Å². The Kier molecular flexibility index (Phi) is 28.8. The van der Waals surface area contributed by atoms with Gasteiger partial charge in [0.2, 0.25) is 0 Å². The zero-order chi connectivity index (χ0) is 42.5. The summed E-state index contributed by atoms with van der Waals surface area (Å²) in [6.07, 6.45) is 22.3. The fourth-order valence-corrected chi connectivity index (χ4v) is 7.09. The number of allylic oxidation sites excluding steroid dienone is 5. The lowest BCUT2D eigenvalue weighted by Crippen LogP contribution is -2.29. The summed E-state index contributed by atoms with van der Waals surface area (Å²) in [6, 6.07) is 0. The minimum Gasteiger partial charge on any atom is -0.462 e. The van der Waals surface area contributed by atoms with Crippen LogP contribution in [0.1, 0.15) is 136 Å². The zero-order valence-electron chi connectivity index (χ0n) is 34.2. The Hall–Kier alpha value is -2.03. The standard InChI is InChI=1S/C40H70O15P2/c1-4-5-14-21-34(41)25-26-37-33(24-27-38(37)43)20-16-12-13-18-23-40(45)55-36(31-54-57(49,50)53-29-35(42)28-52-56(46,47)48)30-51-39(44)22-17-11-9-7-6-8-10-15-19-32(2)3/h12,16,24-27,32-37,41-42H,4-11,13-15,17-23,28-31H2,1-3H3,(H,49,50)(H2,46,47,48)/b16-12-,26-25+/t33-,34-,35-,36+,37+/m0/s1. The van der Waals surface area contributed by atoms with Crippen molar-refractivity contribution in [1.82, 2.24) is 0 Å². The number of phosphoric acid groups is 2. The maximum atomic E-state index is 12.7. The molecule has 0 spiro atoms. The van der Waals surface area contributed by atoms with E-state index in [9.17, 15) is 38.6 Å². The number of ether oxygens (including phenoxy) is 2. The molecule has 330 valence electrons. The van der Waals surface area contributed by atoms with Crippen molar-refractivity contribution in [3.63, 3.8) is 0 Å². The lowest BCUT2D eigenvalue weighted by molar-refractivity contribution is -0.161. The van der Waals surface area contributed by atoms with E-state index in [0.29, 0.717) is 32.1 Å². The number of carbonyl (C=O) groups is 3. The van der Waals surface area contributed by atoms with Gasteiger partial charge in [0.25, 0.3) is 0 Å². The molecule has 0 aromatic heterocycles. The molecule has 0 fully saturated rings. The molecule has 0 heterocycles. The molecule has 1 aliphatic rings. The third-order valence-electron chi connectivity index (χ3n) is 9.20. The van der Waals surface area contributed by atoms with E-state index in [2.05, 4.69) is 29.8 Å². The van der Waals surface area contributed by atoms with E-state index in [-0.39, 0.29) is 30.5 Å². The van der Waals surface area contributed by atoms with Gasteiger partial charge in [0.15, 0.2) is 11.9 Å². The predicted molar refractivity (Wildman–Crippen MR) is 216 cm³/mol. The number of esters is 2. The molecule has 0 aliphatic heterocycles. The lowest BCUT2D eigenvalue weighted by atomic mass is 9.90. The molecule has 0 radical (unpaired) electrons. The fraction of sp³-hybridized carbons (Fsp3) is 0.775. The fourth-order valence-electron chi connectivity index (χ4n) is 5.93. The van der Waals surface area contributed by atoms with E-state index in [1.54, 1.807) is 18.2 Å². The summed E-state index contributed by atoms with van der Waals surface area (Å²) < 4.78 is 47.6. The molecule has 57 heavy (non-hydrogen) atoms. The van der Waals surface area contributed by atoms with Crippen LogP contribution in [-0.4, -0.2) is 87.4 Å². The van der Waals surface area contributed by atoms with Crippen molar-refractivity contribution in [3.05, 3.63) is 36.5 Å². The summed E-state index contributed by atoms with van der Waals surface area (Å²) in [5, 5.41) is 19.9. The number of unbranched alkanes of at least 4 members (excludes halogenated alkanes) is 10. The van der Waals surface area contributed by atoms with Crippen LogP contribution in [0.15, 0.2) is 36.5 Å². The Labute approximate surface area is 339 Å². The van der Waals surface area contributed by atoms with Gasteiger partial charge in [-0.05, 0) is 50.0 Å². The Morgan fingerprint density at radius 2 is 1.39 bits per heavy atom. The van der Waals surface area contributed by atoms with Gasteiger partial charge in [-0.1, -0.05) is 122 Å². The minimum atomic E-state index is -4.89. The number of hydrogen-bond donors (Lipinski definition) is 5. The zero-order valence-corrected chi connectivity index (χ0v) is 36.0. The van der Waals surface area contributed by atoms with Crippen LogP contribution in [0, 0.1) is 17.8 Å². The topological polar surface area (TPSA) is 233 Å². The number of phosphoric ester groups is 2. The van der Waals surface area contributed by atoms with Crippen LogP contribution in [0.3, 0.4) is 0 Å². The predicted octanol–water partition coefficient (Wildman–Crippen LogP) is 7.59. The van der Waals surface area contributed by atoms with Crippen LogP contribution in [0.25, 0.3) is 0 Å². The molecule has 17 heteroatoms. The van der Waals surface area contributed by atoms with Crippen molar-refractivity contribution in [1.29, 1.82) is 0 Å². The summed E-state index contributed by atoms with van der Waals surface area (Å²) in [7, 11) is -9.74. The van der Waals surface area contributed by atoms with Crippen LogP contribution in [-0.2, 0) is 46.6 Å². The molecule has 6 atom stereocenters. The molecule has 0 amide bonds. The largest absolute Gasteiger partial charge is 0.472 e. The van der Waals surface area contributed by atoms with E-state index < -0.39 is 72.3 Å². The lowest BCUT2D eigenvalue weighted by Gasteiger charge is -2.20. The van der Waals surface area contributed by atoms with Gasteiger partial charge in [0, 0.05) is 18.8 Å². The van der Waals surface area contributed by atoms with Crippen molar-refractivity contribution < 1.29 is 71.5 Å². The van der Waals surface area contributed by atoms with Crippen LogP contribution in [0.2, 0.25) is 0 Å². The van der Waals surface area contributed by atoms with E-state index in [4.69, 9.17) is 23.8 Å². The number of carbonyl (C=O) groups excluding carboxylic acids is 3. The van der Waals surface area contributed by atoms with E-state index in [1.807, 2.05) is 18.2 Å². The Bertz CT molecular complexity index is 1310. The maximum Gasteiger partial charge on any atom is 0.472 e. The molecular weight excluding hydrogens is 782 g/mol. The Morgan fingerprint density at radius 3 is 2.05 bits per heavy atom. The first-order valence-electron chi connectivity index (χ1n) is 20.6. The first kappa shape index (κ1) is 53.0. The summed E-state index contributed by atoms with van der Waals surface area (Å²) in [6.45, 7) is 3.66. The third kappa shape index (κ3) is 29.8. The average Bonchev–Trinajstić information content (AvgIpc) is 3.50. The van der Waals surface area contributed by atoms with Crippen molar-refractivity contribution in [2.45, 2.75) is 155 Å². The van der Waals surface area contributed by atoms with Crippen LogP contribution in [0.4, 0.5) is 0 Å². The molecule has 0 aromatic carbocycles. The van der Waals surface area contributed by atoms with Gasteiger partial charge in [-0.15, -0.1) is 0 Å². The first-order valence-corrected chi connectivity index (χ1v) is 23.6. The monoisotopic (exact) mass is 852 g/mol. The smallest absolute Gasteiger partial charge is 0.462 e. The highest BCUT2D eigenvalue weighted by molar-refractivity contribution is 7.47. The van der Waals surface area contributed by atoms with Crippen molar-refractivity contribution in [2.75, 3.05) is 26.4 Å². The summed E-state index contributed by atoms with van der Waals surface area (Å²) in [4.78, 5) is 65.1. The summed E-state index contributed by atoms with van der Waals surface area (Å²) in [5.74, 6) is -0.816. The third-order valence-corrected chi connectivity index (χ3v) is 10.6. The molecule has 0 bridgehead atoms. The number of hydrogen-bond acceptors (Lipinski definition) is 12.